The van der Waals surface area contributed by atoms with Gasteiger partial charge in [0.05, 0.1) is 5.75 Å². The Morgan fingerprint density at radius 3 is 2.66 bits per heavy atom. The van der Waals surface area contributed by atoms with Crippen LogP contribution in [0.1, 0.15) is 30.0 Å². The molecule has 8 heteroatoms. The van der Waals surface area contributed by atoms with E-state index in [0.717, 1.165) is 21.5 Å². The number of aryl methyl sites for hydroxylation is 1. The van der Waals surface area contributed by atoms with E-state index in [2.05, 4.69) is 44.4 Å². The standard InChI is InChI=1S/C21H23BrN4O2S/c1-13-6-5-7-18(14(13)2)28-15(3)20-24-25-21(26(20)4)29-12-19(27)23-17-10-8-16(22)9-11-17/h5-11,15H,12H2,1-4H3,(H,23,27). The van der Waals surface area contributed by atoms with E-state index in [1.807, 2.05) is 61.9 Å². The first kappa shape index (κ1) is 21.4. The molecule has 0 spiro atoms. The molecule has 0 aliphatic carbocycles. The van der Waals surface area contributed by atoms with Crippen molar-refractivity contribution in [2.75, 3.05) is 11.1 Å². The van der Waals surface area contributed by atoms with Gasteiger partial charge in [-0.3, -0.25) is 4.79 Å². The van der Waals surface area contributed by atoms with Gasteiger partial charge in [0, 0.05) is 17.2 Å². The number of nitrogens with zero attached hydrogens (tertiary/aromatic N) is 3. The second kappa shape index (κ2) is 9.45. The molecule has 0 radical (unpaired) electrons. The lowest BCUT2D eigenvalue weighted by Crippen LogP contribution is -2.15. The van der Waals surface area contributed by atoms with E-state index in [0.29, 0.717) is 11.0 Å². The fourth-order valence-corrected chi connectivity index (χ4v) is 3.74. The molecule has 152 valence electrons. The molecule has 0 bridgehead atoms. The van der Waals surface area contributed by atoms with Crippen LogP contribution in [0.2, 0.25) is 0 Å². The lowest BCUT2D eigenvalue weighted by atomic mass is 10.1. The molecular weight excluding hydrogens is 452 g/mol. The molecule has 0 aliphatic heterocycles. The van der Waals surface area contributed by atoms with Gasteiger partial charge in [-0.25, -0.2) is 0 Å². The van der Waals surface area contributed by atoms with Crippen molar-refractivity contribution in [2.24, 2.45) is 7.05 Å². The number of carbonyl (C=O) groups is 1. The van der Waals surface area contributed by atoms with Gasteiger partial charge in [-0.05, 0) is 62.2 Å². The van der Waals surface area contributed by atoms with Crippen LogP contribution in [0.4, 0.5) is 5.69 Å². The molecule has 2 aromatic carbocycles. The van der Waals surface area contributed by atoms with Crippen LogP contribution in [-0.4, -0.2) is 26.4 Å². The largest absolute Gasteiger partial charge is 0.482 e. The number of nitrogens with one attached hydrogen (secondary N) is 1. The average Bonchev–Trinajstić information content (AvgIpc) is 3.06. The summed E-state index contributed by atoms with van der Waals surface area (Å²) in [6.45, 7) is 6.04. The van der Waals surface area contributed by atoms with Crippen LogP contribution < -0.4 is 10.1 Å². The van der Waals surface area contributed by atoms with Crippen LogP contribution in [0, 0.1) is 13.8 Å². The summed E-state index contributed by atoms with van der Waals surface area (Å²) in [5.41, 5.74) is 3.05. The highest BCUT2D eigenvalue weighted by Crippen LogP contribution is 2.27. The molecule has 1 amide bonds. The Hall–Kier alpha value is -2.32. The number of rotatable bonds is 7. The highest BCUT2D eigenvalue weighted by atomic mass is 79.9. The van der Waals surface area contributed by atoms with E-state index in [9.17, 15) is 4.79 Å². The van der Waals surface area contributed by atoms with Gasteiger partial charge in [0.15, 0.2) is 17.1 Å². The van der Waals surface area contributed by atoms with E-state index in [4.69, 9.17) is 4.74 Å². The Kier molecular flexibility index (Phi) is 6.97. The number of anilines is 1. The monoisotopic (exact) mass is 474 g/mol. The highest BCUT2D eigenvalue weighted by Gasteiger charge is 2.19. The first-order valence-corrected chi connectivity index (χ1v) is 10.9. The maximum atomic E-state index is 12.2. The Bertz CT molecular complexity index is 1000. The number of hydrogen-bond donors (Lipinski definition) is 1. The maximum absolute atomic E-state index is 12.2. The number of benzene rings is 2. The van der Waals surface area contributed by atoms with Gasteiger partial charge in [-0.15, -0.1) is 10.2 Å². The summed E-state index contributed by atoms with van der Waals surface area (Å²) in [6, 6.07) is 13.5. The van der Waals surface area contributed by atoms with Crippen molar-refractivity contribution in [1.29, 1.82) is 0 Å². The van der Waals surface area contributed by atoms with Crippen molar-refractivity contribution in [1.82, 2.24) is 14.8 Å². The molecule has 1 atom stereocenters. The van der Waals surface area contributed by atoms with Crippen molar-refractivity contribution in [2.45, 2.75) is 32.0 Å². The molecule has 29 heavy (non-hydrogen) atoms. The molecule has 0 aliphatic rings. The number of aromatic nitrogens is 3. The van der Waals surface area contributed by atoms with Crippen LogP contribution >= 0.6 is 27.7 Å². The van der Waals surface area contributed by atoms with E-state index in [-0.39, 0.29) is 17.8 Å². The zero-order chi connectivity index (χ0) is 21.0. The third-order valence-electron chi connectivity index (χ3n) is 4.55. The normalized spacial score (nSPS) is 11.9. The van der Waals surface area contributed by atoms with Crippen molar-refractivity contribution in [3.63, 3.8) is 0 Å². The fourth-order valence-electron chi connectivity index (χ4n) is 2.76. The minimum Gasteiger partial charge on any atom is -0.482 e. The third kappa shape index (κ3) is 5.39. The topological polar surface area (TPSA) is 69.0 Å². The maximum Gasteiger partial charge on any atom is 0.234 e. The molecular formula is C21H23BrN4O2S. The van der Waals surface area contributed by atoms with Crippen LogP contribution in [0.25, 0.3) is 0 Å². The van der Waals surface area contributed by atoms with Crippen LogP contribution in [-0.2, 0) is 11.8 Å². The number of carbonyl (C=O) groups excluding carboxylic acids is 1. The Labute approximate surface area is 183 Å². The average molecular weight is 475 g/mol. The van der Waals surface area contributed by atoms with Gasteiger partial charge < -0.3 is 14.6 Å². The molecule has 1 aromatic heterocycles. The predicted octanol–water partition coefficient (Wildman–Crippen LogP) is 5.07. The lowest BCUT2D eigenvalue weighted by molar-refractivity contribution is -0.113. The molecule has 1 heterocycles. The fraction of sp³-hybridized carbons (Fsp3) is 0.286. The van der Waals surface area contributed by atoms with E-state index < -0.39 is 0 Å². The lowest BCUT2D eigenvalue weighted by Gasteiger charge is -2.16. The number of thioether (sulfide) groups is 1. The van der Waals surface area contributed by atoms with Crippen molar-refractivity contribution >= 4 is 39.3 Å². The van der Waals surface area contributed by atoms with Gasteiger partial charge >= 0.3 is 0 Å². The van der Waals surface area contributed by atoms with Gasteiger partial charge in [0.25, 0.3) is 0 Å². The van der Waals surface area contributed by atoms with Gasteiger partial charge in [0.1, 0.15) is 5.75 Å². The molecule has 0 saturated heterocycles. The zero-order valence-corrected chi connectivity index (χ0v) is 19.2. The van der Waals surface area contributed by atoms with E-state index in [1.54, 1.807) is 0 Å². The van der Waals surface area contributed by atoms with Gasteiger partial charge in [0.2, 0.25) is 5.91 Å². The number of ether oxygens (including phenoxy) is 1. The first-order chi connectivity index (χ1) is 13.8. The van der Waals surface area contributed by atoms with Gasteiger partial charge in [-0.2, -0.15) is 0 Å². The molecule has 3 aromatic rings. The Morgan fingerprint density at radius 1 is 1.21 bits per heavy atom. The van der Waals surface area contributed by atoms with Gasteiger partial charge in [-0.1, -0.05) is 39.8 Å². The minimum absolute atomic E-state index is 0.0958. The minimum atomic E-state index is -0.265. The van der Waals surface area contributed by atoms with Crippen LogP contribution in [0.15, 0.2) is 52.1 Å². The molecule has 3 rings (SSSR count). The van der Waals surface area contributed by atoms with Crippen molar-refractivity contribution < 1.29 is 9.53 Å². The molecule has 1 N–H and O–H groups in total. The third-order valence-corrected chi connectivity index (χ3v) is 6.10. The van der Waals surface area contributed by atoms with Crippen LogP contribution in [0.3, 0.4) is 0 Å². The second-order valence-corrected chi connectivity index (χ2v) is 8.56. The summed E-state index contributed by atoms with van der Waals surface area (Å²) >= 11 is 4.72. The SMILES string of the molecule is Cc1cccc(OC(C)c2nnc(SCC(=O)Nc3ccc(Br)cc3)n2C)c1C. The predicted molar refractivity (Wildman–Crippen MR) is 119 cm³/mol. The summed E-state index contributed by atoms with van der Waals surface area (Å²) in [7, 11) is 1.88. The zero-order valence-electron chi connectivity index (χ0n) is 16.8. The number of hydrogen-bond acceptors (Lipinski definition) is 5. The summed E-state index contributed by atoms with van der Waals surface area (Å²) in [5.74, 6) is 1.70. The molecule has 0 fully saturated rings. The summed E-state index contributed by atoms with van der Waals surface area (Å²) in [6.07, 6.45) is -0.265. The smallest absolute Gasteiger partial charge is 0.234 e. The summed E-state index contributed by atoms with van der Waals surface area (Å²) in [4.78, 5) is 12.2. The first-order valence-electron chi connectivity index (χ1n) is 9.15. The second-order valence-electron chi connectivity index (χ2n) is 6.70. The van der Waals surface area contributed by atoms with E-state index in [1.165, 1.54) is 17.3 Å². The molecule has 1 unspecified atom stereocenters. The Balaban J connectivity index is 1.60. The summed E-state index contributed by atoms with van der Waals surface area (Å²) < 4.78 is 8.94. The number of amides is 1. The quantitative estimate of drug-likeness (QED) is 0.484. The number of halogens is 1. The van der Waals surface area contributed by atoms with Crippen molar-refractivity contribution in [3.8, 4) is 5.75 Å². The molecule has 6 nitrogen and oxygen atoms in total. The highest BCUT2D eigenvalue weighted by molar-refractivity contribution is 9.10. The molecule has 0 saturated carbocycles. The van der Waals surface area contributed by atoms with Crippen LogP contribution in [0.5, 0.6) is 5.75 Å². The summed E-state index contributed by atoms with van der Waals surface area (Å²) in [5, 5.41) is 12.0. The van der Waals surface area contributed by atoms with E-state index >= 15 is 0 Å². The van der Waals surface area contributed by atoms with Crippen molar-refractivity contribution in [3.05, 3.63) is 63.9 Å². The Morgan fingerprint density at radius 2 is 1.93 bits per heavy atom.